The summed E-state index contributed by atoms with van der Waals surface area (Å²) in [7, 11) is 0. The summed E-state index contributed by atoms with van der Waals surface area (Å²) >= 11 is 0. The maximum absolute atomic E-state index is 11.2. The van der Waals surface area contributed by atoms with Crippen molar-refractivity contribution in [1.82, 2.24) is 0 Å². The van der Waals surface area contributed by atoms with Crippen LogP contribution in [0.3, 0.4) is 0 Å². The van der Waals surface area contributed by atoms with Crippen LogP contribution in [0.25, 0.3) is 0 Å². The third-order valence-electron chi connectivity index (χ3n) is 1.89. The van der Waals surface area contributed by atoms with Crippen molar-refractivity contribution in [2.45, 2.75) is 33.1 Å². The summed E-state index contributed by atoms with van der Waals surface area (Å²) in [5.74, 6) is -0.711. The van der Waals surface area contributed by atoms with Crippen LogP contribution in [0.2, 0.25) is 0 Å². The van der Waals surface area contributed by atoms with Crippen molar-refractivity contribution >= 4 is 5.97 Å². The largest absolute Gasteiger partial charge is 0.465 e. The van der Waals surface area contributed by atoms with Gasteiger partial charge in [-0.1, -0.05) is 20.3 Å². The van der Waals surface area contributed by atoms with Gasteiger partial charge in [0.25, 0.3) is 0 Å². The number of carbonyl (C=O) groups excluding carboxylic acids is 1. The van der Waals surface area contributed by atoms with Gasteiger partial charge in [-0.3, -0.25) is 14.9 Å². The molecule has 0 aromatic carbocycles. The summed E-state index contributed by atoms with van der Waals surface area (Å²) in [4.78, 5) is 20.8. The summed E-state index contributed by atoms with van der Waals surface area (Å²) in [5, 5.41) is 10.0. The van der Waals surface area contributed by atoms with Gasteiger partial charge in [-0.2, -0.15) is 0 Å². The summed E-state index contributed by atoms with van der Waals surface area (Å²) in [6.45, 7) is 3.89. The Morgan fingerprint density at radius 1 is 1.57 bits per heavy atom. The maximum Gasteiger partial charge on any atom is 0.308 e. The van der Waals surface area contributed by atoms with E-state index < -0.39 is 4.92 Å². The Morgan fingerprint density at radius 2 is 2.21 bits per heavy atom. The Hall–Kier alpha value is -1.13. The molecule has 0 spiro atoms. The van der Waals surface area contributed by atoms with Gasteiger partial charge in [0.2, 0.25) is 6.54 Å². The molecule has 0 rings (SSSR count). The Labute approximate surface area is 83.6 Å². The first-order valence-corrected chi connectivity index (χ1v) is 4.86. The number of ether oxygens (including phenoxy) is 1. The van der Waals surface area contributed by atoms with E-state index in [9.17, 15) is 14.9 Å². The fourth-order valence-electron chi connectivity index (χ4n) is 0.876. The van der Waals surface area contributed by atoms with Crippen molar-refractivity contribution in [1.29, 1.82) is 0 Å². The molecule has 0 aliphatic carbocycles. The van der Waals surface area contributed by atoms with Gasteiger partial charge in [0, 0.05) is 11.3 Å². The molecule has 0 aliphatic heterocycles. The molecule has 0 heterocycles. The first kappa shape index (κ1) is 12.9. The standard InChI is InChI=1S/C9H17NO4/c1-3-4-7-14-9(11)8(2)5-6-10(12)13/h8H,3-7H2,1-2H3. The van der Waals surface area contributed by atoms with Crippen molar-refractivity contribution in [2.24, 2.45) is 5.92 Å². The molecule has 0 aromatic heterocycles. The third kappa shape index (κ3) is 6.39. The molecule has 5 nitrogen and oxygen atoms in total. The van der Waals surface area contributed by atoms with Gasteiger partial charge in [-0.15, -0.1) is 0 Å². The van der Waals surface area contributed by atoms with Crippen molar-refractivity contribution < 1.29 is 14.5 Å². The molecule has 5 heteroatoms. The zero-order chi connectivity index (χ0) is 11.0. The van der Waals surface area contributed by atoms with Crippen molar-refractivity contribution in [3.63, 3.8) is 0 Å². The van der Waals surface area contributed by atoms with Gasteiger partial charge in [0.1, 0.15) is 0 Å². The maximum atomic E-state index is 11.2. The average Bonchev–Trinajstić information content (AvgIpc) is 2.14. The van der Waals surface area contributed by atoms with Crippen LogP contribution in [0.4, 0.5) is 0 Å². The molecule has 0 bridgehead atoms. The monoisotopic (exact) mass is 203 g/mol. The first-order valence-electron chi connectivity index (χ1n) is 4.86. The minimum absolute atomic E-state index is 0.177. The molecule has 0 N–H and O–H groups in total. The van der Waals surface area contributed by atoms with Crippen LogP contribution in [0.1, 0.15) is 33.1 Å². The lowest BCUT2D eigenvalue weighted by molar-refractivity contribution is -0.481. The molecule has 0 fully saturated rings. The Morgan fingerprint density at radius 3 is 2.71 bits per heavy atom. The molecule has 14 heavy (non-hydrogen) atoms. The van der Waals surface area contributed by atoms with Crippen molar-refractivity contribution in [3.05, 3.63) is 10.1 Å². The van der Waals surface area contributed by atoms with E-state index in [0.717, 1.165) is 12.8 Å². The molecule has 0 aliphatic rings. The van der Waals surface area contributed by atoms with Crippen LogP contribution in [-0.2, 0) is 9.53 Å². The van der Waals surface area contributed by atoms with Crippen LogP contribution >= 0.6 is 0 Å². The number of nitrogens with zero attached hydrogens (tertiary/aromatic N) is 1. The van der Waals surface area contributed by atoms with E-state index >= 15 is 0 Å². The fourth-order valence-corrected chi connectivity index (χ4v) is 0.876. The van der Waals surface area contributed by atoms with Gasteiger partial charge in [-0.05, 0) is 6.42 Å². The number of nitro groups is 1. The van der Waals surface area contributed by atoms with Gasteiger partial charge in [0.15, 0.2) is 0 Å². The van der Waals surface area contributed by atoms with E-state index in [2.05, 4.69) is 0 Å². The van der Waals surface area contributed by atoms with E-state index in [-0.39, 0.29) is 24.9 Å². The molecule has 82 valence electrons. The summed E-state index contributed by atoms with van der Waals surface area (Å²) < 4.78 is 4.91. The van der Waals surface area contributed by atoms with E-state index in [4.69, 9.17) is 4.74 Å². The molecule has 0 amide bonds. The predicted octanol–water partition coefficient (Wildman–Crippen LogP) is 1.63. The molecular weight excluding hydrogens is 186 g/mol. The molecule has 0 aromatic rings. The lowest BCUT2D eigenvalue weighted by Gasteiger charge is -2.08. The summed E-state index contributed by atoms with van der Waals surface area (Å²) in [5.41, 5.74) is 0. The second-order valence-electron chi connectivity index (χ2n) is 3.27. The van der Waals surface area contributed by atoms with E-state index in [1.807, 2.05) is 6.92 Å². The average molecular weight is 203 g/mol. The third-order valence-corrected chi connectivity index (χ3v) is 1.89. The highest BCUT2D eigenvalue weighted by molar-refractivity contribution is 5.71. The van der Waals surface area contributed by atoms with E-state index in [0.29, 0.717) is 6.61 Å². The van der Waals surface area contributed by atoms with Crippen molar-refractivity contribution in [2.75, 3.05) is 13.2 Å². The molecular formula is C9H17NO4. The van der Waals surface area contributed by atoms with Crippen LogP contribution in [0.15, 0.2) is 0 Å². The smallest absolute Gasteiger partial charge is 0.308 e. The van der Waals surface area contributed by atoms with E-state index in [1.165, 1.54) is 0 Å². The van der Waals surface area contributed by atoms with Crippen LogP contribution in [0.5, 0.6) is 0 Å². The number of rotatable bonds is 7. The summed E-state index contributed by atoms with van der Waals surface area (Å²) in [6, 6.07) is 0. The van der Waals surface area contributed by atoms with Gasteiger partial charge < -0.3 is 4.74 Å². The van der Waals surface area contributed by atoms with Gasteiger partial charge in [0.05, 0.1) is 12.5 Å². The number of esters is 1. The highest BCUT2D eigenvalue weighted by atomic mass is 16.6. The minimum atomic E-state index is -0.421. The lowest BCUT2D eigenvalue weighted by atomic mass is 10.1. The van der Waals surface area contributed by atoms with Crippen LogP contribution < -0.4 is 0 Å². The van der Waals surface area contributed by atoms with Gasteiger partial charge in [-0.25, -0.2) is 0 Å². The topological polar surface area (TPSA) is 69.4 Å². The summed E-state index contributed by atoms with van der Waals surface area (Å²) in [6.07, 6.45) is 2.06. The second-order valence-corrected chi connectivity index (χ2v) is 3.27. The molecule has 1 atom stereocenters. The highest BCUT2D eigenvalue weighted by Crippen LogP contribution is 2.05. The van der Waals surface area contributed by atoms with Crippen LogP contribution in [-0.4, -0.2) is 24.0 Å². The molecule has 0 saturated heterocycles. The van der Waals surface area contributed by atoms with E-state index in [1.54, 1.807) is 6.92 Å². The second kappa shape index (κ2) is 7.29. The van der Waals surface area contributed by atoms with Gasteiger partial charge >= 0.3 is 5.97 Å². The lowest BCUT2D eigenvalue weighted by Crippen LogP contribution is -2.18. The quantitative estimate of drug-likeness (QED) is 0.273. The normalized spacial score (nSPS) is 12.1. The van der Waals surface area contributed by atoms with Crippen molar-refractivity contribution in [3.8, 4) is 0 Å². The van der Waals surface area contributed by atoms with Crippen LogP contribution in [0, 0.1) is 16.0 Å². The fraction of sp³-hybridized carbons (Fsp3) is 0.889. The Balaban J connectivity index is 3.59. The highest BCUT2D eigenvalue weighted by Gasteiger charge is 2.16. The predicted molar refractivity (Wildman–Crippen MR) is 51.5 cm³/mol. The molecule has 1 unspecified atom stereocenters. The minimum Gasteiger partial charge on any atom is -0.465 e. The Bertz CT molecular complexity index is 193. The zero-order valence-corrected chi connectivity index (χ0v) is 8.69. The number of carbonyl (C=O) groups is 1. The zero-order valence-electron chi connectivity index (χ0n) is 8.69. The number of unbranched alkanes of at least 4 members (excludes halogenated alkanes) is 1. The number of hydrogen-bond donors (Lipinski definition) is 0. The number of hydrogen-bond acceptors (Lipinski definition) is 4. The molecule has 0 saturated carbocycles. The SMILES string of the molecule is CCCCOC(=O)C(C)CC[N+](=O)[O-]. The molecule has 0 radical (unpaired) electrons. The first-order chi connectivity index (χ1) is 6.57. The Kier molecular flexibility index (Phi) is 6.70.